The molecule has 1 aromatic rings. The molecule has 0 amide bonds. The SMILES string of the molecule is Nc1cc(C(=O)O)c(N2CCCCCC2)nn1. The van der Waals surface area contributed by atoms with Crippen LogP contribution in [0, 0.1) is 0 Å². The normalized spacial score (nSPS) is 16.6. The number of hydrogen-bond donors (Lipinski definition) is 2. The van der Waals surface area contributed by atoms with Crippen LogP contribution in [-0.4, -0.2) is 34.4 Å². The van der Waals surface area contributed by atoms with Crippen LogP contribution in [0.2, 0.25) is 0 Å². The van der Waals surface area contributed by atoms with Crippen LogP contribution in [0.1, 0.15) is 36.0 Å². The van der Waals surface area contributed by atoms with Crippen molar-refractivity contribution >= 4 is 17.6 Å². The first-order valence-corrected chi connectivity index (χ1v) is 5.80. The molecule has 0 radical (unpaired) electrons. The molecule has 1 saturated heterocycles. The lowest BCUT2D eigenvalue weighted by Gasteiger charge is -2.22. The molecule has 0 aromatic carbocycles. The van der Waals surface area contributed by atoms with Gasteiger partial charge in [0.15, 0.2) is 5.82 Å². The number of nitrogens with two attached hydrogens (primary N) is 1. The molecular weight excluding hydrogens is 220 g/mol. The summed E-state index contributed by atoms with van der Waals surface area (Å²) in [5, 5.41) is 16.8. The lowest BCUT2D eigenvalue weighted by Crippen LogP contribution is -2.27. The fourth-order valence-corrected chi connectivity index (χ4v) is 2.07. The van der Waals surface area contributed by atoms with Gasteiger partial charge < -0.3 is 15.7 Å². The van der Waals surface area contributed by atoms with Gasteiger partial charge in [0.2, 0.25) is 0 Å². The summed E-state index contributed by atoms with van der Waals surface area (Å²) in [7, 11) is 0. The molecule has 0 spiro atoms. The average Bonchev–Trinajstić information content (AvgIpc) is 2.57. The van der Waals surface area contributed by atoms with Crippen molar-refractivity contribution in [3.63, 3.8) is 0 Å². The minimum absolute atomic E-state index is 0.138. The Labute approximate surface area is 99.4 Å². The van der Waals surface area contributed by atoms with Gasteiger partial charge >= 0.3 is 5.97 Å². The van der Waals surface area contributed by atoms with Crippen molar-refractivity contribution in [2.24, 2.45) is 0 Å². The third-order valence-electron chi connectivity index (χ3n) is 2.93. The smallest absolute Gasteiger partial charge is 0.339 e. The molecule has 0 unspecified atom stereocenters. The monoisotopic (exact) mass is 236 g/mol. The molecule has 1 aromatic heterocycles. The van der Waals surface area contributed by atoms with Crippen molar-refractivity contribution in [2.75, 3.05) is 23.7 Å². The van der Waals surface area contributed by atoms with E-state index in [1.165, 1.54) is 18.9 Å². The Morgan fingerprint density at radius 3 is 2.47 bits per heavy atom. The highest BCUT2D eigenvalue weighted by atomic mass is 16.4. The Bertz CT molecular complexity index is 414. The summed E-state index contributed by atoms with van der Waals surface area (Å²) in [5.74, 6) is -0.430. The molecular formula is C11H16N4O2. The summed E-state index contributed by atoms with van der Waals surface area (Å²) in [6, 6.07) is 1.37. The Kier molecular flexibility index (Phi) is 3.41. The van der Waals surface area contributed by atoms with Gasteiger partial charge in [0.25, 0.3) is 0 Å². The van der Waals surface area contributed by atoms with E-state index in [0.29, 0.717) is 5.82 Å². The fraction of sp³-hybridized carbons (Fsp3) is 0.545. The Hall–Kier alpha value is -1.85. The number of carboxylic acids is 1. The fourth-order valence-electron chi connectivity index (χ4n) is 2.07. The third-order valence-corrected chi connectivity index (χ3v) is 2.93. The van der Waals surface area contributed by atoms with E-state index in [2.05, 4.69) is 10.2 Å². The largest absolute Gasteiger partial charge is 0.478 e. The summed E-state index contributed by atoms with van der Waals surface area (Å²) in [4.78, 5) is 13.1. The lowest BCUT2D eigenvalue weighted by atomic mass is 10.2. The predicted molar refractivity (Wildman–Crippen MR) is 64.1 cm³/mol. The summed E-state index contributed by atoms with van der Waals surface area (Å²) >= 11 is 0. The Morgan fingerprint density at radius 1 is 1.24 bits per heavy atom. The van der Waals surface area contributed by atoms with E-state index in [0.717, 1.165) is 25.9 Å². The average molecular weight is 236 g/mol. The Morgan fingerprint density at radius 2 is 1.88 bits per heavy atom. The van der Waals surface area contributed by atoms with Gasteiger partial charge in [-0.25, -0.2) is 4.79 Å². The quantitative estimate of drug-likeness (QED) is 0.799. The molecule has 17 heavy (non-hydrogen) atoms. The van der Waals surface area contributed by atoms with Crippen molar-refractivity contribution in [1.29, 1.82) is 0 Å². The summed E-state index contributed by atoms with van der Waals surface area (Å²) in [5.41, 5.74) is 5.61. The molecule has 0 atom stereocenters. The van der Waals surface area contributed by atoms with Crippen molar-refractivity contribution in [1.82, 2.24) is 10.2 Å². The van der Waals surface area contributed by atoms with E-state index >= 15 is 0 Å². The van der Waals surface area contributed by atoms with Crippen LogP contribution in [0.5, 0.6) is 0 Å². The number of carbonyl (C=O) groups is 1. The number of aromatic nitrogens is 2. The van der Waals surface area contributed by atoms with Crippen molar-refractivity contribution < 1.29 is 9.90 Å². The van der Waals surface area contributed by atoms with Gasteiger partial charge in [-0.1, -0.05) is 12.8 Å². The number of aromatic carboxylic acids is 1. The van der Waals surface area contributed by atoms with E-state index in [1.54, 1.807) is 0 Å². The zero-order valence-corrected chi connectivity index (χ0v) is 9.59. The van der Waals surface area contributed by atoms with Gasteiger partial charge in [-0.2, -0.15) is 0 Å². The van der Waals surface area contributed by atoms with Crippen molar-refractivity contribution in [3.8, 4) is 0 Å². The molecule has 0 bridgehead atoms. The highest BCUT2D eigenvalue weighted by Gasteiger charge is 2.19. The topological polar surface area (TPSA) is 92.3 Å². The van der Waals surface area contributed by atoms with Crippen LogP contribution in [0.25, 0.3) is 0 Å². The van der Waals surface area contributed by atoms with E-state index in [9.17, 15) is 4.79 Å². The van der Waals surface area contributed by atoms with Crippen LogP contribution < -0.4 is 10.6 Å². The van der Waals surface area contributed by atoms with Gasteiger partial charge in [-0.15, -0.1) is 10.2 Å². The van der Waals surface area contributed by atoms with Gasteiger partial charge in [-0.3, -0.25) is 0 Å². The van der Waals surface area contributed by atoms with E-state index in [4.69, 9.17) is 10.8 Å². The number of rotatable bonds is 2. The third kappa shape index (κ3) is 2.64. The highest BCUT2D eigenvalue weighted by molar-refractivity contribution is 5.93. The molecule has 1 fully saturated rings. The molecule has 3 N–H and O–H groups in total. The second-order valence-corrected chi connectivity index (χ2v) is 4.21. The molecule has 0 saturated carbocycles. The van der Waals surface area contributed by atoms with Gasteiger partial charge in [0, 0.05) is 19.2 Å². The van der Waals surface area contributed by atoms with Crippen LogP contribution in [-0.2, 0) is 0 Å². The standard InChI is InChI=1S/C11H16N4O2/c12-9-7-8(11(16)17)10(14-13-9)15-5-3-1-2-4-6-15/h7H,1-6H2,(H2,12,13)(H,16,17). The number of hydrogen-bond acceptors (Lipinski definition) is 5. The number of nitrogens with zero attached hydrogens (tertiary/aromatic N) is 3. The maximum Gasteiger partial charge on any atom is 0.339 e. The molecule has 6 heteroatoms. The maximum atomic E-state index is 11.2. The number of nitrogen functional groups attached to an aromatic ring is 1. The summed E-state index contributed by atoms with van der Waals surface area (Å²) in [6.45, 7) is 1.66. The highest BCUT2D eigenvalue weighted by Crippen LogP contribution is 2.21. The van der Waals surface area contributed by atoms with Crippen molar-refractivity contribution in [2.45, 2.75) is 25.7 Å². The zero-order valence-electron chi connectivity index (χ0n) is 9.59. The molecule has 2 heterocycles. The second-order valence-electron chi connectivity index (χ2n) is 4.21. The summed E-state index contributed by atoms with van der Waals surface area (Å²) < 4.78 is 0. The molecule has 1 aliphatic rings. The van der Waals surface area contributed by atoms with Crippen LogP contribution >= 0.6 is 0 Å². The Balaban J connectivity index is 2.32. The predicted octanol–water partition coefficient (Wildman–Crippen LogP) is 1.14. The maximum absolute atomic E-state index is 11.2. The summed E-state index contributed by atoms with van der Waals surface area (Å²) in [6.07, 6.45) is 4.48. The van der Waals surface area contributed by atoms with Crippen LogP contribution in [0.4, 0.5) is 11.6 Å². The van der Waals surface area contributed by atoms with Gasteiger partial charge in [0.05, 0.1) is 0 Å². The minimum Gasteiger partial charge on any atom is -0.478 e. The first-order valence-electron chi connectivity index (χ1n) is 5.80. The van der Waals surface area contributed by atoms with Crippen LogP contribution in [0.3, 0.4) is 0 Å². The van der Waals surface area contributed by atoms with Crippen LogP contribution in [0.15, 0.2) is 6.07 Å². The van der Waals surface area contributed by atoms with Gasteiger partial charge in [0.1, 0.15) is 11.4 Å². The second kappa shape index (κ2) is 4.99. The molecule has 6 nitrogen and oxygen atoms in total. The molecule has 1 aliphatic heterocycles. The van der Waals surface area contributed by atoms with E-state index < -0.39 is 5.97 Å². The van der Waals surface area contributed by atoms with Gasteiger partial charge in [-0.05, 0) is 12.8 Å². The lowest BCUT2D eigenvalue weighted by molar-refractivity contribution is 0.0697. The molecule has 92 valence electrons. The van der Waals surface area contributed by atoms with E-state index in [1.807, 2.05) is 4.90 Å². The van der Waals surface area contributed by atoms with Crippen molar-refractivity contribution in [3.05, 3.63) is 11.6 Å². The first-order chi connectivity index (χ1) is 8.18. The number of anilines is 2. The molecule has 2 rings (SSSR count). The molecule has 0 aliphatic carbocycles. The number of carboxylic acid groups (broad SMARTS) is 1. The zero-order chi connectivity index (χ0) is 12.3. The minimum atomic E-state index is -1.01. The first kappa shape index (κ1) is 11.6. The van der Waals surface area contributed by atoms with E-state index in [-0.39, 0.29) is 11.4 Å².